The summed E-state index contributed by atoms with van der Waals surface area (Å²) < 4.78 is 16.4. The Bertz CT molecular complexity index is 896. The number of amides is 1. The summed E-state index contributed by atoms with van der Waals surface area (Å²) in [5.74, 6) is -0.517. The van der Waals surface area contributed by atoms with Gasteiger partial charge in [-0.25, -0.2) is 9.07 Å². The second-order valence-corrected chi connectivity index (χ2v) is 6.22. The van der Waals surface area contributed by atoms with Gasteiger partial charge in [0, 0.05) is 24.8 Å². The van der Waals surface area contributed by atoms with Crippen LogP contribution in [-0.2, 0) is 11.8 Å². The van der Waals surface area contributed by atoms with Gasteiger partial charge in [0.15, 0.2) is 6.04 Å². The number of aromatic nitrogens is 5. The predicted molar refractivity (Wildman–Crippen MR) is 87.9 cm³/mol. The fourth-order valence-corrected chi connectivity index (χ4v) is 2.67. The van der Waals surface area contributed by atoms with Crippen LogP contribution in [0, 0.1) is 5.82 Å². The van der Waals surface area contributed by atoms with Crippen molar-refractivity contribution in [2.75, 3.05) is 0 Å². The van der Waals surface area contributed by atoms with Crippen molar-refractivity contribution in [3.63, 3.8) is 0 Å². The molecule has 25 heavy (non-hydrogen) atoms. The maximum atomic E-state index is 13.3. The van der Waals surface area contributed by atoms with E-state index in [2.05, 4.69) is 20.7 Å². The van der Waals surface area contributed by atoms with Crippen molar-refractivity contribution < 1.29 is 9.18 Å². The molecule has 1 atom stereocenters. The summed E-state index contributed by atoms with van der Waals surface area (Å²) >= 11 is 0. The summed E-state index contributed by atoms with van der Waals surface area (Å²) in [5.41, 5.74) is 2.09. The van der Waals surface area contributed by atoms with Gasteiger partial charge in [0.1, 0.15) is 11.5 Å². The number of benzene rings is 1. The van der Waals surface area contributed by atoms with E-state index >= 15 is 0 Å². The summed E-state index contributed by atoms with van der Waals surface area (Å²) in [6.07, 6.45) is 7.19. The summed E-state index contributed by atoms with van der Waals surface area (Å²) in [7, 11) is 1.82. The van der Waals surface area contributed by atoms with Gasteiger partial charge in [0.2, 0.25) is 5.91 Å². The number of carbonyl (C=O) groups excluding carboxylic acids is 1. The average Bonchev–Trinajstić information content (AvgIpc) is 3.08. The van der Waals surface area contributed by atoms with Crippen molar-refractivity contribution in [3.05, 3.63) is 54.2 Å². The summed E-state index contributed by atoms with van der Waals surface area (Å²) in [6.45, 7) is 0. The van der Waals surface area contributed by atoms with E-state index < -0.39 is 6.04 Å². The molecule has 8 heteroatoms. The molecule has 1 aliphatic carbocycles. The van der Waals surface area contributed by atoms with E-state index in [0.717, 1.165) is 18.4 Å². The van der Waals surface area contributed by atoms with Crippen LogP contribution in [0.1, 0.15) is 24.4 Å². The molecule has 1 unspecified atom stereocenters. The van der Waals surface area contributed by atoms with Crippen LogP contribution in [0.5, 0.6) is 0 Å². The van der Waals surface area contributed by atoms with Crippen LogP contribution in [0.25, 0.3) is 11.3 Å². The minimum Gasteiger partial charge on any atom is -0.351 e. The zero-order valence-corrected chi connectivity index (χ0v) is 13.6. The first kappa shape index (κ1) is 15.5. The summed E-state index contributed by atoms with van der Waals surface area (Å²) in [6, 6.07) is 5.39. The molecule has 1 N–H and O–H groups in total. The van der Waals surface area contributed by atoms with Gasteiger partial charge in [0.25, 0.3) is 0 Å². The van der Waals surface area contributed by atoms with E-state index in [1.165, 1.54) is 16.8 Å². The Morgan fingerprint density at radius 2 is 2.04 bits per heavy atom. The second-order valence-electron chi connectivity index (χ2n) is 6.22. The molecule has 2 heterocycles. The smallest absolute Gasteiger partial charge is 0.249 e. The highest BCUT2D eigenvalue weighted by atomic mass is 19.1. The van der Waals surface area contributed by atoms with Crippen LogP contribution in [0.3, 0.4) is 0 Å². The maximum absolute atomic E-state index is 13.3. The Hall–Kier alpha value is -3.03. The molecular formula is C17H17FN6O. The number of hydrogen-bond acceptors (Lipinski definition) is 4. The normalized spacial score (nSPS) is 15.1. The lowest BCUT2D eigenvalue weighted by Crippen LogP contribution is -2.35. The lowest BCUT2D eigenvalue weighted by molar-refractivity contribution is -0.123. The second kappa shape index (κ2) is 6.12. The van der Waals surface area contributed by atoms with Gasteiger partial charge in [-0.2, -0.15) is 5.10 Å². The summed E-state index contributed by atoms with van der Waals surface area (Å²) in [5, 5.41) is 15.4. The molecule has 3 aromatic rings. The van der Waals surface area contributed by atoms with Gasteiger partial charge in [-0.05, 0) is 30.5 Å². The molecule has 0 radical (unpaired) electrons. The molecule has 0 saturated heterocycles. The van der Waals surface area contributed by atoms with Crippen LogP contribution in [0.2, 0.25) is 0 Å². The van der Waals surface area contributed by atoms with Crippen LogP contribution in [0.15, 0.2) is 42.9 Å². The zero-order valence-electron chi connectivity index (χ0n) is 13.6. The van der Waals surface area contributed by atoms with Gasteiger partial charge in [-0.15, -0.1) is 5.10 Å². The van der Waals surface area contributed by atoms with Crippen molar-refractivity contribution in [1.82, 2.24) is 30.1 Å². The lowest BCUT2D eigenvalue weighted by atomic mass is 10.1. The largest absolute Gasteiger partial charge is 0.351 e. The Morgan fingerprint density at radius 1 is 1.28 bits per heavy atom. The molecule has 1 aromatic carbocycles. The zero-order chi connectivity index (χ0) is 17.4. The quantitative estimate of drug-likeness (QED) is 0.767. The molecule has 2 aromatic heterocycles. The first-order valence-corrected chi connectivity index (χ1v) is 8.07. The Labute approximate surface area is 143 Å². The molecule has 0 bridgehead atoms. The fourth-order valence-electron chi connectivity index (χ4n) is 2.67. The standard InChI is InChI=1S/C17H17FN6O/c1-23-9-12(8-19-23)15-10-24(22-21-15)16(17(25)20-14-6-7-14)11-2-4-13(18)5-3-11/h2-5,8-10,14,16H,6-7H2,1H3,(H,20,25). The van der Waals surface area contributed by atoms with Crippen molar-refractivity contribution in [1.29, 1.82) is 0 Å². The highest BCUT2D eigenvalue weighted by Gasteiger charge is 2.30. The van der Waals surface area contributed by atoms with Crippen LogP contribution >= 0.6 is 0 Å². The first-order chi connectivity index (χ1) is 12.1. The van der Waals surface area contributed by atoms with Crippen molar-refractivity contribution in [2.24, 2.45) is 7.05 Å². The molecule has 1 amide bonds. The van der Waals surface area contributed by atoms with Crippen LogP contribution in [0.4, 0.5) is 4.39 Å². The van der Waals surface area contributed by atoms with Gasteiger partial charge in [0.05, 0.1) is 12.4 Å². The van der Waals surface area contributed by atoms with E-state index in [0.29, 0.717) is 11.3 Å². The molecule has 0 aliphatic heterocycles. The monoisotopic (exact) mass is 340 g/mol. The fraction of sp³-hybridized carbons (Fsp3) is 0.294. The van der Waals surface area contributed by atoms with Gasteiger partial charge < -0.3 is 5.32 Å². The van der Waals surface area contributed by atoms with Crippen molar-refractivity contribution in [2.45, 2.75) is 24.9 Å². The molecular weight excluding hydrogens is 323 g/mol. The number of aryl methyl sites for hydroxylation is 1. The molecule has 1 saturated carbocycles. The SMILES string of the molecule is Cn1cc(-c2cn(C(C(=O)NC3CC3)c3ccc(F)cc3)nn2)cn1. The van der Waals surface area contributed by atoms with E-state index in [1.54, 1.807) is 29.2 Å². The Morgan fingerprint density at radius 3 is 2.68 bits per heavy atom. The average molecular weight is 340 g/mol. The number of carbonyl (C=O) groups is 1. The molecule has 0 spiro atoms. The van der Waals surface area contributed by atoms with Crippen molar-refractivity contribution >= 4 is 5.91 Å². The first-order valence-electron chi connectivity index (χ1n) is 8.07. The van der Waals surface area contributed by atoms with Gasteiger partial charge >= 0.3 is 0 Å². The predicted octanol–water partition coefficient (Wildman–Crippen LogP) is 1.69. The maximum Gasteiger partial charge on any atom is 0.249 e. The summed E-state index contributed by atoms with van der Waals surface area (Å²) in [4.78, 5) is 12.7. The number of rotatable bonds is 5. The van der Waals surface area contributed by atoms with Crippen molar-refractivity contribution in [3.8, 4) is 11.3 Å². The number of halogens is 1. The van der Waals surface area contributed by atoms with Gasteiger partial charge in [-0.3, -0.25) is 9.48 Å². The molecule has 4 rings (SSSR count). The minimum absolute atomic E-state index is 0.170. The third-order valence-electron chi connectivity index (χ3n) is 4.13. The number of hydrogen-bond donors (Lipinski definition) is 1. The molecule has 7 nitrogen and oxygen atoms in total. The molecule has 1 aliphatic rings. The topological polar surface area (TPSA) is 77.6 Å². The highest BCUT2D eigenvalue weighted by Crippen LogP contribution is 2.25. The highest BCUT2D eigenvalue weighted by molar-refractivity contribution is 5.84. The Balaban J connectivity index is 1.68. The molecule has 128 valence electrons. The van der Waals surface area contributed by atoms with Crippen LogP contribution in [-0.4, -0.2) is 36.7 Å². The minimum atomic E-state index is -0.695. The number of nitrogens with one attached hydrogen (secondary N) is 1. The van der Waals surface area contributed by atoms with Crippen LogP contribution < -0.4 is 5.32 Å². The Kier molecular flexibility index (Phi) is 3.79. The molecule has 1 fully saturated rings. The number of nitrogens with zero attached hydrogens (tertiary/aromatic N) is 5. The lowest BCUT2D eigenvalue weighted by Gasteiger charge is -2.17. The third kappa shape index (κ3) is 3.28. The van der Waals surface area contributed by atoms with E-state index in [-0.39, 0.29) is 17.8 Å². The third-order valence-corrected chi connectivity index (χ3v) is 4.13. The van der Waals surface area contributed by atoms with E-state index in [4.69, 9.17) is 0 Å². The van der Waals surface area contributed by atoms with E-state index in [1.807, 2.05) is 13.2 Å². The van der Waals surface area contributed by atoms with E-state index in [9.17, 15) is 9.18 Å². The van der Waals surface area contributed by atoms with Gasteiger partial charge in [-0.1, -0.05) is 17.3 Å².